The summed E-state index contributed by atoms with van der Waals surface area (Å²) < 4.78 is 13.1. The highest BCUT2D eigenvalue weighted by Gasteiger charge is 2.72. The Morgan fingerprint density at radius 3 is 2.34 bits per heavy atom. The number of aliphatic hydroxyl groups is 1. The molecule has 1 N–H and O–H groups in total. The molecule has 8 atom stereocenters. The van der Waals surface area contributed by atoms with Crippen LogP contribution in [0, 0.1) is 17.3 Å². The zero-order valence-electron chi connectivity index (χ0n) is 29.0. The molecule has 5 rings (SSSR count). The molecule has 0 bridgehead atoms. The van der Waals surface area contributed by atoms with Gasteiger partial charge in [0, 0.05) is 25.6 Å². The predicted octanol–water partition coefficient (Wildman–Crippen LogP) is 4.04. The van der Waals surface area contributed by atoms with Crippen LogP contribution in [0.15, 0.2) is 54.6 Å². The van der Waals surface area contributed by atoms with E-state index in [2.05, 4.69) is 20.8 Å². The van der Waals surface area contributed by atoms with Gasteiger partial charge >= 0.3 is 5.97 Å². The maximum atomic E-state index is 14.8. The molecular weight excluding hydrogens is 598 g/mol. The molecule has 0 aliphatic carbocycles. The lowest BCUT2D eigenvalue weighted by atomic mass is 9.77. The SMILES string of the molecule is C[C@H](CO)N1C(=O)[C@H]2[C@@H]3C(=O)O[C@@H](c4ccccc4)[C@H](C)N(C)C(=O)CC/C=C\[C@@H]3O[C@]23C=CCN(C(C)(C)CC(C)(C)C)C(=O)[C@H]13. The molecule has 0 unspecified atom stereocenters. The standard InChI is InChI=1S/C37H51N3O7/c1-23(21-41)40-31-33(44)39(36(6,7)22-35(3,4)5)20-14-19-37(31)29(32(40)43)28-26(47-37)17-12-13-18-27(42)38(8)24(2)30(46-34(28)45)25-15-10-9-11-16-25/h9-12,14-17,19,23-24,26,28-31,41H,13,18,20-22H2,1-8H3/b17-12-/t23-,24+,26+,28-,29-,30-,31+,37-/m1/s1. The van der Waals surface area contributed by atoms with E-state index >= 15 is 0 Å². The number of allylic oxidation sites excluding steroid dienone is 1. The Labute approximate surface area is 278 Å². The van der Waals surface area contributed by atoms with E-state index < -0.39 is 65.2 Å². The van der Waals surface area contributed by atoms with Gasteiger partial charge in [-0.05, 0) is 51.5 Å². The highest BCUT2D eigenvalue weighted by Crippen LogP contribution is 2.54. The van der Waals surface area contributed by atoms with Crippen LogP contribution in [0.1, 0.15) is 79.4 Å². The minimum Gasteiger partial charge on any atom is -0.455 e. The van der Waals surface area contributed by atoms with Crippen molar-refractivity contribution in [3.05, 3.63) is 60.2 Å². The van der Waals surface area contributed by atoms with Gasteiger partial charge in [-0.15, -0.1) is 0 Å². The van der Waals surface area contributed by atoms with Crippen molar-refractivity contribution >= 4 is 23.7 Å². The molecule has 0 aromatic heterocycles. The number of ether oxygens (including phenoxy) is 2. The number of hydrogen-bond acceptors (Lipinski definition) is 7. The van der Waals surface area contributed by atoms with Crippen molar-refractivity contribution in [3.8, 4) is 0 Å². The summed E-state index contributed by atoms with van der Waals surface area (Å²) in [7, 11) is 1.71. The van der Waals surface area contributed by atoms with Gasteiger partial charge in [0.2, 0.25) is 17.7 Å². The van der Waals surface area contributed by atoms with Crippen molar-refractivity contribution in [3.63, 3.8) is 0 Å². The molecule has 4 heterocycles. The van der Waals surface area contributed by atoms with Crippen molar-refractivity contribution in [2.45, 2.75) is 109 Å². The first-order chi connectivity index (χ1) is 22.0. The number of aliphatic hydroxyl groups excluding tert-OH is 1. The van der Waals surface area contributed by atoms with Crippen LogP contribution in [0.4, 0.5) is 0 Å². The average Bonchev–Trinajstić information content (AvgIpc) is 3.40. The number of amides is 3. The van der Waals surface area contributed by atoms with Crippen molar-refractivity contribution in [1.82, 2.24) is 14.7 Å². The second kappa shape index (κ2) is 12.8. The van der Waals surface area contributed by atoms with Gasteiger partial charge in [0.05, 0.1) is 30.7 Å². The molecule has 1 spiro atoms. The number of carbonyl (C=O) groups excluding carboxylic acids is 4. The summed E-state index contributed by atoms with van der Waals surface area (Å²) >= 11 is 0. The molecule has 2 saturated heterocycles. The maximum Gasteiger partial charge on any atom is 0.313 e. The molecule has 256 valence electrons. The van der Waals surface area contributed by atoms with E-state index in [0.717, 1.165) is 5.56 Å². The van der Waals surface area contributed by atoms with E-state index in [1.54, 1.807) is 35.9 Å². The molecular formula is C37H51N3O7. The number of benzene rings is 1. The Kier molecular flexibility index (Phi) is 9.51. The molecule has 10 heteroatoms. The first kappa shape index (κ1) is 34.8. The molecule has 3 amide bonds. The van der Waals surface area contributed by atoms with Gasteiger partial charge < -0.3 is 29.3 Å². The third-order valence-electron chi connectivity index (χ3n) is 10.3. The number of nitrogens with zero attached hydrogens (tertiary/aromatic N) is 3. The quantitative estimate of drug-likeness (QED) is 0.378. The summed E-state index contributed by atoms with van der Waals surface area (Å²) in [6, 6.07) is 6.97. The van der Waals surface area contributed by atoms with Crippen LogP contribution in [-0.4, -0.2) is 99.1 Å². The topological polar surface area (TPSA) is 117 Å². The summed E-state index contributed by atoms with van der Waals surface area (Å²) in [6.45, 7) is 13.9. The summed E-state index contributed by atoms with van der Waals surface area (Å²) in [4.78, 5) is 61.9. The molecule has 0 saturated carbocycles. The molecule has 4 aliphatic rings. The van der Waals surface area contributed by atoms with Crippen molar-refractivity contribution in [1.29, 1.82) is 0 Å². The van der Waals surface area contributed by atoms with E-state index in [9.17, 15) is 24.3 Å². The highest BCUT2D eigenvalue weighted by atomic mass is 16.6. The molecule has 1 aromatic carbocycles. The van der Waals surface area contributed by atoms with Crippen LogP contribution in [0.3, 0.4) is 0 Å². The lowest BCUT2D eigenvalue weighted by molar-refractivity contribution is -0.164. The minimum absolute atomic E-state index is 0.0796. The molecule has 2 fully saturated rings. The van der Waals surface area contributed by atoms with Gasteiger partial charge in [-0.25, -0.2) is 0 Å². The monoisotopic (exact) mass is 649 g/mol. The van der Waals surface area contributed by atoms with E-state index in [-0.39, 0.29) is 30.3 Å². The van der Waals surface area contributed by atoms with Gasteiger partial charge in [-0.2, -0.15) is 0 Å². The Morgan fingerprint density at radius 1 is 1.02 bits per heavy atom. The maximum absolute atomic E-state index is 14.8. The number of rotatable bonds is 5. The smallest absolute Gasteiger partial charge is 0.313 e. The number of cyclic esters (lactones) is 1. The average molecular weight is 650 g/mol. The normalized spacial score (nSPS) is 33.3. The van der Waals surface area contributed by atoms with Crippen LogP contribution < -0.4 is 0 Å². The van der Waals surface area contributed by atoms with E-state index in [0.29, 0.717) is 19.4 Å². The van der Waals surface area contributed by atoms with Crippen LogP contribution in [0.25, 0.3) is 0 Å². The van der Waals surface area contributed by atoms with Gasteiger partial charge in [-0.3, -0.25) is 19.2 Å². The van der Waals surface area contributed by atoms with Crippen LogP contribution in [-0.2, 0) is 28.7 Å². The van der Waals surface area contributed by atoms with E-state index in [4.69, 9.17) is 9.47 Å². The lowest BCUT2D eigenvalue weighted by Crippen LogP contribution is -2.61. The Bertz CT molecular complexity index is 1430. The molecule has 47 heavy (non-hydrogen) atoms. The number of carbonyl (C=O) groups is 4. The largest absolute Gasteiger partial charge is 0.455 e. The van der Waals surface area contributed by atoms with Crippen molar-refractivity contribution < 1.29 is 33.8 Å². The third kappa shape index (κ3) is 6.26. The summed E-state index contributed by atoms with van der Waals surface area (Å²) in [6.07, 6.45) is 6.91. The predicted molar refractivity (Wildman–Crippen MR) is 177 cm³/mol. The zero-order valence-corrected chi connectivity index (χ0v) is 29.0. The van der Waals surface area contributed by atoms with Crippen LogP contribution in [0.5, 0.6) is 0 Å². The third-order valence-corrected chi connectivity index (χ3v) is 10.3. The number of likely N-dealkylation sites (tertiary alicyclic amines) is 1. The van der Waals surface area contributed by atoms with Gasteiger partial charge in [0.1, 0.15) is 23.7 Å². The number of likely N-dealkylation sites (N-methyl/N-ethyl adjacent to an activating group) is 1. The molecule has 10 nitrogen and oxygen atoms in total. The second-order valence-corrected chi connectivity index (χ2v) is 15.5. The van der Waals surface area contributed by atoms with Crippen molar-refractivity contribution in [2.24, 2.45) is 17.3 Å². The number of esters is 1. The fraction of sp³-hybridized carbons (Fsp3) is 0.622. The van der Waals surface area contributed by atoms with Crippen LogP contribution in [0.2, 0.25) is 0 Å². The fourth-order valence-corrected chi connectivity index (χ4v) is 8.33. The van der Waals surface area contributed by atoms with E-state index in [1.165, 1.54) is 4.90 Å². The lowest BCUT2D eigenvalue weighted by Gasteiger charge is -2.45. The van der Waals surface area contributed by atoms with Gasteiger partial charge in [0.15, 0.2) is 0 Å². The Hall–Kier alpha value is -3.50. The number of hydrogen-bond donors (Lipinski definition) is 1. The highest BCUT2D eigenvalue weighted by molar-refractivity contribution is 5.99. The first-order valence-corrected chi connectivity index (χ1v) is 16.8. The fourth-order valence-electron chi connectivity index (χ4n) is 8.33. The second-order valence-electron chi connectivity index (χ2n) is 15.5. The zero-order chi connectivity index (χ0) is 34.5. The van der Waals surface area contributed by atoms with Gasteiger partial charge in [0.25, 0.3) is 0 Å². The van der Waals surface area contributed by atoms with E-state index in [1.807, 2.05) is 63.3 Å². The van der Waals surface area contributed by atoms with Crippen molar-refractivity contribution in [2.75, 3.05) is 20.2 Å². The van der Waals surface area contributed by atoms with Crippen LogP contribution >= 0.6 is 0 Å². The first-order valence-electron chi connectivity index (χ1n) is 16.8. The summed E-state index contributed by atoms with van der Waals surface area (Å²) in [5.41, 5.74) is -1.39. The minimum atomic E-state index is -1.47. The molecule has 0 radical (unpaired) electrons. The van der Waals surface area contributed by atoms with Gasteiger partial charge in [-0.1, -0.05) is 75.4 Å². The number of fused-ring (bicyclic) bond motifs is 2. The summed E-state index contributed by atoms with van der Waals surface area (Å²) in [5.74, 6) is -3.56. The summed E-state index contributed by atoms with van der Waals surface area (Å²) in [5, 5.41) is 10.3. The Balaban J connectivity index is 1.62. The Morgan fingerprint density at radius 2 is 1.70 bits per heavy atom. The molecule has 4 aliphatic heterocycles. The molecule has 1 aromatic rings.